The summed E-state index contributed by atoms with van der Waals surface area (Å²) in [7, 11) is 0. The van der Waals surface area contributed by atoms with Crippen molar-refractivity contribution in [3.05, 3.63) is 68.8 Å². The second-order valence-corrected chi connectivity index (χ2v) is 9.05. The second-order valence-electron chi connectivity index (χ2n) is 7.77. The van der Waals surface area contributed by atoms with Crippen LogP contribution in [0, 0.1) is 6.92 Å². The summed E-state index contributed by atoms with van der Waals surface area (Å²) in [6, 6.07) is 12.4. The van der Waals surface area contributed by atoms with Gasteiger partial charge >= 0.3 is 0 Å². The molecule has 160 valence electrons. The van der Waals surface area contributed by atoms with E-state index in [9.17, 15) is 9.59 Å². The van der Waals surface area contributed by atoms with Gasteiger partial charge in [-0.05, 0) is 50.1 Å². The van der Waals surface area contributed by atoms with Gasteiger partial charge in [0.2, 0.25) is 0 Å². The highest BCUT2D eigenvalue weighted by molar-refractivity contribution is 6.35. The molecule has 0 radical (unpaired) electrons. The Balaban J connectivity index is 1.85. The minimum atomic E-state index is -0.828. The summed E-state index contributed by atoms with van der Waals surface area (Å²) in [6.07, 6.45) is 3.93. The fourth-order valence-electron chi connectivity index (χ4n) is 4.05. The van der Waals surface area contributed by atoms with Crippen LogP contribution in [0.1, 0.15) is 41.7 Å². The van der Waals surface area contributed by atoms with Gasteiger partial charge in [-0.2, -0.15) is 5.10 Å². The predicted octanol–water partition coefficient (Wildman–Crippen LogP) is 6.05. The van der Waals surface area contributed by atoms with Gasteiger partial charge in [0.05, 0.1) is 21.9 Å². The lowest BCUT2D eigenvalue weighted by molar-refractivity contribution is -0.112. The molecule has 0 bridgehead atoms. The van der Waals surface area contributed by atoms with Crippen LogP contribution in [0.5, 0.6) is 0 Å². The molecule has 1 fully saturated rings. The molecule has 0 aliphatic heterocycles. The molecule has 0 spiro atoms. The van der Waals surface area contributed by atoms with E-state index in [2.05, 4.69) is 10.4 Å². The Kier molecular flexibility index (Phi) is 6.11. The molecule has 0 atom stereocenters. The number of carbonyl (C=O) groups is 2. The zero-order valence-corrected chi connectivity index (χ0v) is 19.1. The maximum Gasteiger partial charge on any atom is 0.272 e. The molecular weight excluding hydrogens is 457 g/mol. The van der Waals surface area contributed by atoms with Crippen LogP contribution < -0.4 is 5.32 Å². The molecule has 1 saturated carbocycles. The average Bonchev–Trinajstić information content (AvgIpc) is 3.34. The zero-order valence-electron chi connectivity index (χ0n) is 16.8. The van der Waals surface area contributed by atoms with Gasteiger partial charge < -0.3 is 10.1 Å². The van der Waals surface area contributed by atoms with Crippen molar-refractivity contribution >= 4 is 47.0 Å². The molecule has 4 rings (SSSR count). The third kappa shape index (κ3) is 4.22. The molecule has 5 nitrogen and oxygen atoms in total. The molecule has 1 aromatic heterocycles. The van der Waals surface area contributed by atoms with Gasteiger partial charge in [-0.25, -0.2) is 4.68 Å². The molecule has 1 aliphatic rings. The van der Waals surface area contributed by atoms with Crippen molar-refractivity contribution in [1.82, 2.24) is 15.1 Å². The van der Waals surface area contributed by atoms with E-state index in [-0.39, 0.29) is 11.6 Å². The topological polar surface area (TPSA) is 64.0 Å². The van der Waals surface area contributed by atoms with Gasteiger partial charge in [-0.3, -0.25) is 4.79 Å². The van der Waals surface area contributed by atoms with Crippen LogP contribution in [0.3, 0.4) is 0 Å². The lowest BCUT2D eigenvalue weighted by Gasteiger charge is -2.23. The minimum Gasteiger partial charge on any atom is -0.338 e. The normalized spacial score (nSPS) is 15.1. The average molecular weight is 477 g/mol. The van der Waals surface area contributed by atoms with Gasteiger partial charge in [0.25, 0.3) is 5.91 Å². The van der Waals surface area contributed by atoms with E-state index in [1.807, 2.05) is 19.1 Å². The standard InChI is InChI=1S/C23H20Cl3N3O2/c1-14-20(22(31)27-23(13-30)10-2-3-11-23)28-29(19-9-8-17(25)12-18(19)26)21(14)15-4-6-16(24)7-5-15/h4-9,12-13H,2-3,10-11H2,1H3,(H,27,31). The molecule has 1 heterocycles. The van der Waals surface area contributed by atoms with Crippen LogP contribution in [0.15, 0.2) is 42.5 Å². The van der Waals surface area contributed by atoms with Crippen LogP contribution in [0.2, 0.25) is 15.1 Å². The number of carbonyl (C=O) groups excluding carboxylic acids is 2. The van der Waals surface area contributed by atoms with E-state index in [4.69, 9.17) is 34.8 Å². The van der Waals surface area contributed by atoms with E-state index in [1.165, 1.54) is 0 Å². The molecule has 31 heavy (non-hydrogen) atoms. The summed E-state index contributed by atoms with van der Waals surface area (Å²) in [4.78, 5) is 24.9. The summed E-state index contributed by atoms with van der Waals surface area (Å²) in [5, 5.41) is 9.02. The van der Waals surface area contributed by atoms with Crippen molar-refractivity contribution in [3.63, 3.8) is 0 Å². The number of aromatic nitrogens is 2. The Hall–Kier alpha value is -2.34. The van der Waals surface area contributed by atoms with Crippen molar-refractivity contribution in [2.75, 3.05) is 0 Å². The third-order valence-electron chi connectivity index (χ3n) is 5.68. The highest BCUT2D eigenvalue weighted by Crippen LogP contribution is 2.34. The SMILES string of the molecule is Cc1c(C(=O)NC2(C=O)CCCC2)nn(-c2ccc(Cl)cc2Cl)c1-c1ccc(Cl)cc1. The smallest absolute Gasteiger partial charge is 0.272 e. The number of hydrogen-bond acceptors (Lipinski definition) is 3. The monoisotopic (exact) mass is 475 g/mol. The Morgan fingerprint density at radius 2 is 1.71 bits per heavy atom. The molecule has 2 aromatic carbocycles. The molecular formula is C23H20Cl3N3O2. The number of nitrogens with zero attached hydrogens (tertiary/aromatic N) is 2. The summed E-state index contributed by atoms with van der Waals surface area (Å²) in [5.41, 5.74) is 2.20. The summed E-state index contributed by atoms with van der Waals surface area (Å²) < 4.78 is 1.63. The van der Waals surface area contributed by atoms with Crippen molar-refractivity contribution in [1.29, 1.82) is 0 Å². The van der Waals surface area contributed by atoms with Crippen LogP contribution in [0.4, 0.5) is 0 Å². The summed E-state index contributed by atoms with van der Waals surface area (Å²) in [5.74, 6) is -0.384. The van der Waals surface area contributed by atoms with Gasteiger partial charge in [0.1, 0.15) is 6.29 Å². The first kappa shape index (κ1) is 21.9. The predicted molar refractivity (Wildman–Crippen MR) is 123 cm³/mol. The highest BCUT2D eigenvalue weighted by atomic mass is 35.5. The fourth-order valence-corrected chi connectivity index (χ4v) is 4.66. The van der Waals surface area contributed by atoms with E-state index in [1.54, 1.807) is 35.0 Å². The quantitative estimate of drug-likeness (QED) is 0.456. The first-order valence-electron chi connectivity index (χ1n) is 9.93. The molecule has 3 aromatic rings. The lowest BCUT2D eigenvalue weighted by Crippen LogP contribution is -2.48. The first-order valence-corrected chi connectivity index (χ1v) is 11.1. The number of amides is 1. The number of aldehydes is 1. The molecule has 1 amide bonds. The molecule has 0 saturated heterocycles. The Morgan fingerprint density at radius 1 is 1.06 bits per heavy atom. The van der Waals surface area contributed by atoms with Crippen molar-refractivity contribution < 1.29 is 9.59 Å². The highest BCUT2D eigenvalue weighted by Gasteiger charge is 2.36. The van der Waals surface area contributed by atoms with Gasteiger partial charge in [0.15, 0.2) is 5.69 Å². The van der Waals surface area contributed by atoms with Crippen molar-refractivity contribution in [2.24, 2.45) is 0 Å². The largest absolute Gasteiger partial charge is 0.338 e. The number of halogens is 3. The Morgan fingerprint density at radius 3 is 2.32 bits per heavy atom. The molecule has 8 heteroatoms. The number of benzene rings is 2. The van der Waals surface area contributed by atoms with E-state index >= 15 is 0 Å². The number of hydrogen-bond donors (Lipinski definition) is 1. The summed E-state index contributed by atoms with van der Waals surface area (Å²) >= 11 is 18.6. The van der Waals surface area contributed by atoms with Crippen LogP contribution >= 0.6 is 34.8 Å². The first-order chi connectivity index (χ1) is 14.8. The van der Waals surface area contributed by atoms with E-state index < -0.39 is 5.54 Å². The molecule has 1 aliphatic carbocycles. The number of rotatable bonds is 5. The van der Waals surface area contributed by atoms with Crippen LogP contribution in [-0.4, -0.2) is 27.5 Å². The molecule has 0 unspecified atom stereocenters. The van der Waals surface area contributed by atoms with Crippen molar-refractivity contribution in [3.8, 4) is 16.9 Å². The minimum absolute atomic E-state index is 0.240. The number of nitrogens with one attached hydrogen (secondary N) is 1. The fraction of sp³-hybridized carbons (Fsp3) is 0.261. The van der Waals surface area contributed by atoms with E-state index in [0.29, 0.717) is 44.9 Å². The molecule has 1 N–H and O–H groups in total. The third-order valence-corrected chi connectivity index (χ3v) is 6.47. The van der Waals surface area contributed by atoms with Gasteiger partial charge in [-0.15, -0.1) is 0 Å². The zero-order chi connectivity index (χ0) is 22.2. The van der Waals surface area contributed by atoms with Gasteiger partial charge in [0, 0.05) is 21.2 Å². The maximum absolute atomic E-state index is 13.2. The van der Waals surface area contributed by atoms with Gasteiger partial charge in [-0.1, -0.05) is 59.8 Å². The Bertz CT molecular complexity index is 1150. The van der Waals surface area contributed by atoms with E-state index in [0.717, 1.165) is 24.7 Å². The van der Waals surface area contributed by atoms with Crippen molar-refractivity contribution in [2.45, 2.75) is 38.1 Å². The maximum atomic E-state index is 13.2. The van der Waals surface area contributed by atoms with Crippen LogP contribution in [-0.2, 0) is 4.79 Å². The summed E-state index contributed by atoms with van der Waals surface area (Å²) in [6.45, 7) is 1.83. The Labute approximate surface area is 195 Å². The van der Waals surface area contributed by atoms with Crippen LogP contribution in [0.25, 0.3) is 16.9 Å². The lowest BCUT2D eigenvalue weighted by atomic mass is 9.99. The second kappa shape index (κ2) is 8.65.